The molecule has 18 heavy (non-hydrogen) atoms. The number of tetrazole rings is 1. The Labute approximate surface area is 111 Å². The average Bonchev–Trinajstić information content (AvgIpc) is 2.75. The molecule has 0 aliphatic heterocycles. The van der Waals surface area contributed by atoms with Crippen molar-refractivity contribution in [3.63, 3.8) is 0 Å². The minimum Gasteiger partial charge on any atom is -0.313 e. The fraction of sp³-hybridized carbons (Fsp3) is 0.417. The molecule has 0 bridgehead atoms. The van der Waals surface area contributed by atoms with Crippen LogP contribution in [0.2, 0.25) is 5.02 Å². The highest BCUT2D eigenvalue weighted by Crippen LogP contribution is 2.22. The Balaban J connectivity index is 2.19. The maximum Gasteiger partial charge on any atom is 0.176 e. The Morgan fingerprint density at radius 3 is 2.78 bits per heavy atom. The second-order valence-corrected chi connectivity index (χ2v) is 4.66. The maximum atomic E-state index is 6.03. The number of aromatic nitrogens is 4. The van der Waals surface area contributed by atoms with Gasteiger partial charge in [0.2, 0.25) is 0 Å². The van der Waals surface area contributed by atoms with Crippen molar-refractivity contribution in [2.45, 2.75) is 19.4 Å². The van der Waals surface area contributed by atoms with Crippen molar-refractivity contribution < 1.29 is 0 Å². The zero-order valence-electron chi connectivity index (χ0n) is 10.7. The highest BCUT2D eigenvalue weighted by Gasteiger charge is 2.14. The van der Waals surface area contributed by atoms with Crippen molar-refractivity contribution in [1.82, 2.24) is 25.5 Å². The van der Waals surface area contributed by atoms with Gasteiger partial charge >= 0.3 is 0 Å². The van der Waals surface area contributed by atoms with Crippen molar-refractivity contribution >= 4 is 11.6 Å². The molecule has 6 heteroatoms. The first kappa shape index (κ1) is 13.0. The zero-order chi connectivity index (χ0) is 13.1. The van der Waals surface area contributed by atoms with Crippen LogP contribution >= 0.6 is 11.6 Å². The lowest BCUT2D eigenvalue weighted by atomic mass is 10.0. The summed E-state index contributed by atoms with van der Waals surface area (Å²) >= 11 is 6.03. The van der Waals surface area contributed by atoms with E-state index in [1.807, 2.05) is 26.1 Å². The molecule has 0 aliphatic rings. The van der Waals surface area contributed by atoms with E-state index in [0.29, 0.717) is 6.42 Å². The molecule has 1 aromatic heterocycles. The SMILES string of the molecule is CNC(Cc1nnn(C)n1)c1ccc(Cl)c(C)c1. The second kappa shape index (κ2) is 5.46. The number of likely N-dealkylation sites (N-methyl/N-ethyl adjacent to an activating group) is 1. The Hall–Kier alpha value is -1.46. The zero-order valence-corrected chi connectivity index (χ0v) is 11.4. The van der Waals surface area contributed by atoms with Crippen LogP contribution in [0.4, 0.5) is 0 Å². The normalized spacial score (nSPS) is 12.7. The van der Waals surface area contributed by atoms with Crippen LogP contribution in [-0.2, 0) is 13.5 Å². The molecule has 0 radical (unpaired) electrons. The second-order valence-electron chi connectivity index (χ2n) is 4.25. The lowest BCUT2D eigenvalue weighted by molar-refractivity contribution is 0.570. The number of hydrogen-bond acceptors (Lipinski definition) is 4. The topological polar surface area (TPSA) is 55.6 Å². The first-order valence-corrected chi connectivity index (χ1v) is 6.14. The number of nitrogens with one attached hydrogen (secondary N) is 1. The lowest BCUT2D eigenvalue weighted by Gasteiger charge is -2.15. The lowest BCUT2D eigenvalue weighted by Crippen LogP contribution is -2.19. The van der Waals surface area contributed by atoms with Gasteiger partial charge in [-0.1, -0.05) is 23.7 Å². The summed E-state index contributed by atoms with van der Waals surface area (Å²) in [7, 11) is 3.68. The molecule has 0 amide bonds. The third-order valence-electron chi connectivity index (χ3n) is 2.87. The summed E-state index contributed by atoms with van der Waals surface area (Å²) in [4.78, 5) is 1.47. The Bertz CT molecular complexity index is 537. The number of nitrogens with zero attached hydrogens (tertiary/aromatic N) is 4. The molecule has 1 aromatic carbocycles. The summed E-state index contributed by atoms with van der Waals surface area (Å²) in [5.74, 6) is 0.726. The van der Waals surface area contributed by atoms with E-state index >= 15 is 0 Å². The molecule has 5 nitrogen and oxygen atoms in total. The van der Waals surface area contributed by atoms with E-state index in [-0.39, 0.29) is 6.04 Å². The van der Waals surface area contributed by atoms with E-state index in [1.165, 1.54) is 10.4 Å². The Morgan fingerprint density at radius 2 is 2.22 bits per heavy atom. The standard InChI is InChI=1S/C12H16ClN5/c1-8-6-9(4-5-10(8)13)11(14-2)7-12-15-17-18(3)16-12/h4-6,11,14H,7H2,1-3H3. The van der Waals surface area contributed by atoms with Crippen LogP contribution in [0.25, 0.3) is 0 Å². The summed E-state index contributed by atoms with van der Waals surface area (Å²) in [6, 6.07) is 6.18. The first-order chi connectivity index (χ1) is 8.60. The summed E-state index contributed by atoms with van der Waals surface area (Å²) in [6.45, 7) is 2.00. The fourth-order valence-electron chi connectivity index (χ4n) is 1.86. The number of hydrogen-bond donors (Lipinski definition) is 1. The van der Waals surface area contributed by atoms with Crippen LogP contribution in [0.15, 0.2) is 18.2 Å². The minimum absolute atomic E-state index is 0.158. The van der Waals surface area contributed by atoms with Crippen LogP contribution in [0.3, 0.4) is 0 Å². The van der Waals surface area contributed by atoms with Crippen LogP contribution in [0.1, 0.15) is 23.0 Å². The van der Waals surface area contributed by atoms with E-state index in [4.69, 9.17) is 11.6 Å². The number of rotatable bonds is 4. The van der Waals surface area contributed by atoms with Crippen molar-refractivity contribution in [3.05, 3.63) is 40.2 Å². The van der Waals surface area contributed by atoms with E-state index < -0.39 is 0 Å². The molecular weight excluding hydrogens is 250 g/mol. The quantitative estimate of drug-likeness (QED) is 0.914. The third kappa shape index (κ3) is 2.86. The van der Waals surface area contributed by atoms with Crippen LogP contribution < -0.4 is 5.32 Å². The molecule has 0 fully saturated rings. The van der Waals surface area contributed by atoms with Crippen molar-refractivity contribution in [2.75, 3.05) is 7.05 Å². The van der Waals surface area contributed by atoms with Crippen molar-refractivity contribution in [1.29, 1.82) is 0 Å². The predicted octanol–water partition coefficient (Wildman–Crippen LogP) is 1.68. The van der Waals surface area contributed by atoms with Gasteiger partial charge in [-0.05, 0) is 36.4 Å². The Kier molecular flexibility index (Phi) is 3.93. The van der Waals surface area contributed by atoms with Crippen LogP contribution in [0.5, 0.6) is 0 Å². The van der Waals surface area contributed by atoms with Gasteiger partial charge < -0.3 is 5.32 Å². The Morgan fingerprint density at radius 1 is 1.44 bits per heavy atom. The van der Waals surface area contributed by atoms with E-state index in [0.717, 1.165) is 16.4 Å². The summed E-state index contributed by atoms with van der Waals surface area (Å²) in [6.07, 6.45) is 0.700. The number of halogens is 1. The highest BCUT2D eigenvalue weighted by atomic mass is 35.5. The molecule has 1 unspecified atom stereocenters. The monoisotopic (exact) mass is 265 g/mol. The first-order valence-electron chi connectivity index (χ1n) is 5.76. The molecule has 1 atom stereocenters. The molecule has 0 saturated heterocycles. The minimum atomic E-state index is 0.158. The van der Waals surface area contributed by atoms with Gasteiger partial charge in [-0.3, -0.25) is 0 Å². The summed E-state index contributed by atoms with van der Waals surface area (Å²) in [5.41, 5.74) is 2.24. The van der Waals surface area contributed by atoms with Crippen LogP contribution in [0, 0.1) is 6.92 Å². The van der Waals surface area contributed by atoms with E-state index in [1.54, 1.807) is 7.05 Å². The fourth-order valence-corrected chi connectivity index (χ4v) is 1.98. The van der Waals surface area contributed by atoms with Gasteiger partial charge in [-0.15, -0.1) is 10.2 Å². The third-order valence-corrected chi connectivity index (χ3v) is 3.29. The highest BCUT2D eigenvalue weighted by molar-refractivity contribution is 6.31. The van der Waals surface area contributed by atoms with Crippen molar-refractivity contribution in [2.24, 2.45) is 7.05 Å². The van der Waals surface area contributed by atoms with Gasteiger partial charge in [-0.2, -0.15) is 4.80 Å². The molecule has 0 saturated carbocycles. The van der Waals surface area contributed by atoms with Gasteiger partial charge in [0, 0.05) is 17.5 Å². The van der Waals surface area contributed by atoms with Gasteiger partial charge in [0.25, 0.3) is 0 Å². The van der Waals surface area contributed by atoms with Crippen molar-refractivity contribution in [3.8, 4) is 0 Å². The molecule has 1 heterocycles. The molecule has 0 spiro atoms. The molecule has 2 rings (SSSR count). The summed E-state index contributed by atoms with van der Waals surface area (Å²) in [5, 5.41) is 16.1. The van der Waals surface area contributed by atoms with Gasteiger partial charge in [0.15, 0.2) is 5.82 Å². The molecular formula is C12H16ClN5. The number of benzene rings is 1. The largest absolute Gasteiger partial charge is 0.313 e. The predicted molar refractivity (Wildman–Crippen MR) is 70.5 cm³/mol. The maximum absolute atomic E-state index is 6.03. The smallest absolute Gasteiger partial charge is 0.176 e. The van der Waals surface area contributed by atoms with Gasteiger partial charge in [-0.25, -0.2) is 0 Å². The molecule has 2 aromatic rings. The molecule has 96 valence electrons. The van der Waals surface area contributed by atoms with Gasteiger partial charge in [0.1, 0.15) is 0 Å². The molecule has 1 N–H and O–H groups in total. The molecule has 0 aliphatic carbocycles. The van der Waals surface area contributed by atoms with Crippen LogP contribution in [-0.4, -0.2) is 27.3 Å². The number of aryl methyl sites for hydroxylation is 2. The summed E-state index contributed by atoms with van der Waals surface area (Å²) < 4.78 is 0. The van der Waals surface area contributed by atoms with E-state index in [2.05, 4.69) is 26.8 Å². The average molecular weight is 266 g/mol. The van der Waals surface area contributed by atoms with E-state index in [9.17, 15) is 0 Å². The van der Waals surface area contributed by atoms with Gasteiger partial charge in [0.05, 0.1) is 7.05 Å².